The molecule has 5 aliphatic rings. The first kappa shape index (κ1) is 15.9. The summed E-state index contributed by atoms with van der Waals surface area (Å²) >= 11 is 0. The molecule has 0 heterocycles. The van der Waals surface area contributed by atoms with Gasteiger partial charge in [-0.3, -0.25) is 4.79 Å². The maximum absolute atomic E-state index is 12.0. The van der Waals surface area contributed by atoms with Crippen LogP contribution < -0.4 is 0 Å². The second-order valence-corrected chi connectivity index (χ2v) is 9.71. The minimum absolute atomic E-state index is 0.354. The molecule has 5 aliphatic carbocycles. The van der Waals surface area contributed by atoms with Crippen molar-refractivity contribution in [2.45, 2.75) is 45.4 Å². The third kappa shape index (κ3) is 2.05. The number of carbonyl (C=O) groups is 1. The normalized spacial score (nSPS) is 52.7. The lowest BCUT2D eigenvalue weighted by Crippen LogP contribution is -2.50. The van der Waals surface area contributed by atoms with E-state index in [0.29, 0.717) is 29.0 Å². The lowest BCUT2D eigenvalue weighted by atomic mass is 9.47. The van der Waals surface area contributed by atoms with Crippen molar-refractivity contribution in [1.29, 1.82) is 0 Å². The van der Waals surface area contributed by atoms with Gasteiger partial charge in [0, 0.05) is 6.42 Å². The van der Waals surface area contributed by atoms with E-state index in [9.17, 15) is 4.79 Å². The molecule has 1 heteroatoms. The molecule has 0 radical (unpaired) electrons. The standard InChI is InChI=1S/C24H30O/c1-4-6-21-19-13-20(19)23-22-14(5-2)11-15-12-16(25)7-8-17(15)18(22)9-10-24(21,23)3/h5-6,12,14,17-23H,1-2,7-11,13H2,3H3/t14-,17?,18+,19-,20+,21?,22?,23-,24+/m0/s1. The molecule has 0 aromatic rings. The van der Waals surface area contributed by atoms with Crippen LogP contribution in [0.15, 0.2) is 42.7 Å². The summed E-state index contributed by atoms with van der Waals surface area (Å²) in [6.07, 6.45) is 13.6. The van der Waals surface area contributed by atoms with E-state index in [-0.39, 0.29) is 0 Å². The van der Waals surface area contributed by atoms with Crippen LogP contribution in [0, 0.1) is 52.8 Å². The van der Waals surface area contributed by atoms with Crippen molar-refractivity contribution >= 4 is 5.78 Å². The molecular formula is C24H30O. The maximum atomic E-state index is 12.0. The summed E-state index contributed by atoms with van der Waals surface area (Å²) in [5.41, 5.74) is 5.02. The van der Waals surface area contributed by atoms with Gasteiger partial charge in [0.15, 0.2) is 5.78 Å². The van der Waals surface area contributed by atoms with Crippen LogP contribution in [0.3, 0.4) is 0 Å². The van der Waals surface area contributed by atoms with Gasteiger partial charge in [-0.05, 0) is 97.0 Å². The number of fused-ring (bicyclic) bond motifs is 7. The predicted molar refractivity (Wildman–Crippen MR) is 101 cm³/mol. The molecule has 4 saturated carbocycles. The highest BCUT2D eigenvalue weighted by Crippen LogP contribution is 2.75. The third-order valence-electron chi connectivity index (χ3n) is 8.87. The summed E-state index contributed by atoms with van der Waals surface area (Å²) in [5.74, 6) is 6.50. The second-order valence-electron chi connectivity index (χ2n) is 9.71. The fourth-order valence-corrected chi connectivity index (χ4v) is 7.97. The maximum Gasteiger partial charge on any atom is 0.155 e. The van der Waals surface area contributed by atoms with Gasteiger partial charge in [-0.1, -0.05) is 25.2 Å². The Hall–Kier alpha value is -1.33. The molecule has 0 N–H and O–H groups in total. The van der Waals surface area contributed by atoms with Crippen LogP contribution >= 0.6 is 0 Å². The largest absolute Gasteiger partial charge is 0.295 e. The summed E-state index contributed by atoms with van der Waals surface area (Å²) in [5, 5.41) is 0. The van der Waals surface area contributed by atoms with Crippen LogP contribution in [0.2, 0.25) is 0 Å². The van der Waals surface area contributed by atoms with Gasteiger partial charge in [-0.2, -0.15) is 0 Å². The highest BCUT2D eigenvalue weighted by molar-refractivity contribution is 5.91. The van der Waals surface area contributed by atoms with Crippen molar-refractivity contribution < 1.29 is 4.79 Å². The second kappa shape index (κ2) is 5.34. The Morgan fingerprint density at radius 2 is 2.12 bits per heavy atom. The Bertz CT molecular complexity index is 708. The van der Waals surface area contributed by atoms with E-state index in [4.69, 9.17) is 0 Å². The summed E-state index contributed by atoms with van der Waals surface area (Å²) in [7, 11) is 0. The lowest BCUT2D eigenvalue weighted by molar-refractivity contribution is -0.116. The molecule has 0 aromatic carbocycles. The molecular weight excluding hydrogens is 304 g/mol. The zero-order valence-corrected chi connectivity index (χ0v) is 15.4. The average Bonchev–Trinajstić information content (AvgIpc) is 3.33. The molecule has 0 spiro atoms. The molecule has 3 unspecified atom stereocenters. The highest BCUT2D eigenvalue weighted by Gasteiger charge is 2.69. The summed E-state index contributed by atoms with van der Waals surface area (Å²) in [6, 6.07) is 0. The monoisotopic (exact) mass is 334 g/mol. The lowest BCUT2D eigenvalue weighted by Gasteiger charge is -2.57. The predicted octanol–water partition coefficient (Wildman–Crippen LogP) is 5.35. The number of rotatable bonds is 2. The summed E-state index contributed by atoms with van der Waals surface area (Å²) in [4.78, 5) is 12.0. The number of hydrogen-bond acceptors (Lipinski definition) is 1. The average molecular weight is 335 g/mol. The molecule has 132 valence electrons. The van der Waals surface area contributed by atoms with Crippen LogP contribution in [-0.4, -0.2) is 5.78 Å². The fraction of sp³-hybridized carbons (Fsp3) is 0.667. The Kier molecular flexibility index (Phi) is 3.39. The third-order valence-corrected chi connectivity index (χ3v) is 8.87. The first-order chi connectivity index (χ1) is 12.1. The molecule has 4 fully saturated rings. The van der Waals surface area contributed by atoms with Gasteiger partial charge < -0.3 is 0 Å². The number of carbonyl (C=O) groups excluding carboxylic acids is 1. The van der Waals surface area contributed by atoms with Crippen molar-refractivity contribution in [3.8, 4) is 0 Å². The topological polar surface area (TPSA) is 17.1 Å². The van der Waals surface area contributed by atoms with E-state index < -0.39 is 0 Å². The molecule has 9 atom stereocenters. The zero-order chi connectivity index (χ0) is 17.3. The van der Waals surface area contributed by atoms with E-state index in [2.05, 4.69) is 38.0 Å². The van der Waals surface area contributed by atoms with Crippen LogP contribution in [-0.2, 0) is 4.79 Å². The van der Waals surface area contributed by atoms with Crippen LogP contribution in [0.1, 0.15) is 45.4 Å². The molecule has 25 heavy (non-hydrogen) atoms. The Morgan fingerprint density at radius 3 is 2.88 bits per heavy atom. The van der Waals surface area contributed by atoms with Crippen molar-refractivity contribution in [3.63, 3.8) is 0 Å². The van der Waals surface area contributed by atoms with E-state index in [1.165, 1.54) is 24.8 Å². The Labute approximate surface area is 152 Å². The number of ketones is 1. The summed E-state index contributed by atoms with van der Waals surface area (Å²) in [6.45, 7) is 10.7. The van der Waals surface area contributed by atoms with Gasteiger partial charge >= 0.3 is 0 Å². The number of allylic oxidation sites excluding steroid dienone is 3. The van der Waals surface area contributed by atoms with E-state index in [0.717, 1.165) is 48.9 Å². The first-order valence-corrected chi connectivity index (χ1v) is 10.3. The molecule has 0 amide bonds. The van der Waals surface area contributed by atoms with Gasteiger partial charge in [0.1, 0.15) is 0 Å². The van der Waals surface area contributed by atoms with Crippen LogP contribution in [0.5, 0.6) is 0 Å². The quantitative estimate of drug-likeness (QED) is 0.491. The first-order valence-electron chi connectivity index (χ1n) is 10.3. The number of hydrogen-bond donors (Lipinski definition) is 0. The molecule has 0 aliphatic heterocycles. The molecule has 0 saturated heterocycles. The highest BCUT2D eigenvalue weighted by atomic mass is 16.1. The van der Waals surface area contributed by atoms with Gasteiger partial charge in [-0.25, -0.2) is 0 Å². The van der Waals surface area contributed by atoms with Crippen molar-refractivity contribution in [2.75, 3.05) is 0 Å². The SMILES string of the molecule is C=C=CC1[C@H]2C[C@H]2[C@H]2C3[C@H](CC[C@]12C)C1CCC(=O)C=C1C[C@@H]3C=C. The van der Waals surface area contributed by atoms with Gasteiger partial charge in [-0.15, -0.1) is 12.3 Å². The summed E-state index contributed by atoms with van der Waals surface area (Å²) < 4.78 is 0. The van der Waals surface area contributed by atoms with Gasteiger partial charge in [0.25, 0.3) is 0 Å². The fourth-order valence-electron chi connectivity index (χ4n) is 7.97. The molecule has 0 aromatic heterocycles. The Balaban J connectivity index is 1.55. The van der Waals surface area contributed by atoms with Crippen LogP contribution in [0.25, 0.3) is 0 Å². The zero-order valence-electron chi connectivity index (χ0n) is 15.4. The van der Waals surface area contributed by atoms with Gasteiger partial charge in [0.05, 0.1) is 0 Å². The van der Waals surface area contributed by atoms with Crippen molar-refractivity contribution in [2.24, 2.45) is 52.8 Å². The van der Waals surface area contributed by atoms with Crippen LogP contribution in [0.4, 0.5) is 0 Å². The van der Waals surface area contributed by atoms with Crippen molar-refractivity contribution in [1.82, 2.24) is 0 Å². The van der Waals surface area contributed by atoms with E-state index >= 15 is 0 Å². The van der Waals surface area contributed by atoms with E-state index in [1.54, 1.807) is 0 Å². The molecule has 5 rings (SSSR count). The minimum Gasteiger partial charge on any atom is -0.295 e. The minimum atomic E-state index is 0.354. The molecule has 1 nitrogen and oxygen atoms in total. The van der Waals surface area contributed by atoms with Gasteiger partial charge in [0.2, 0.25) is 0 Å². The Morgan fingerprint density at radius 1 is 1.28 bits per heavy atom. The smallest absolute Gasteiger partial charge is 0.155 e. The molecule has 0 bridgehead atoms. The van der Waals surface area contributed by atoms with E-state index in [1.807, 2.05) is 6.08 Å². The van der Waals surface area contributed by atoms with Crippen molar-refractivity contribution in [3.05, 3.63) is 42.7 Å².